The summed E-state index contributed by atoms with van der Waals surface area (Å²) in [5.41, 5.74) is 6.06. The first-order chi connectivity index (χ1) is 18.0. The molecule has 3 aromatic carbocycles. The standard InChI is InChI=1S/C32H38N4O/c1-23(2)30(29-24(3)33-32(34-29)27-16-11-17-28(22-27)37-4)35-18-20-36(21-19-35)31(25-12-7-5-8-13-25)26-14-9-6-10-15-26/h5-17,22-23,30-31H,18-21H2,1-4H3,(H,33,34). The minimum absolute atomic E-state index is 0.268. The van der Waals surface area contributed by atoms with Gasteiger partial charge < -0.3 is 9.72 Å². The lowest BCUT2D eigenvalue weighted by Gasteiger charge is -2.43. The Balaban J connectivity index is 1.37. The van der Waals surface area contributed by atoms with Gasteiger partial charge in [-0.25, -0.2) is 4.98 Å². The second kappa shape index (κ2) is 11.3. The highest BCUT2D eigenvalue weighted by atomic mass is 16.5. The van der Waals surface area contributed by atoms with Crippen LogP contribution in [0.2, 0.25) is 0 Å². The van der Waals surface area contributed by atoms with Gasteiger partial charge in [0.2, 0.25) is 0 Å². The first kappa shape index (κ1) is 25.2. The van der Waals surface area contributed by atoms with E-state index in [1.807, 2.05) is 18.2 Å². The number of nitrogens with zero attached hydrogens (tertiary/aromatic N) is 3. The maximum absolute atomic E-state index is 5.43. The summed E-state index contributed by atoms with van der Waals surface area (Å²) in [7, 11) is 1.70. The van der Waals surface area contributed by atoms with Gasteiger partial charge in [0.1, 0.15) is 11.6 Å². The van der Waals surface area contributed by atoms with Crippen molar-refractivity contribution in [2.24, 2.45) is 5.92 Å². The quantitative estimate of drug-likeness (QED) is 0.304. The number of aromatic amines is 1. The number of aromatic nitrogens is 2. The SMILES string of the molecule is COc1cccc(-c2nc(C(C(C)C)N3CCN(C(c4ccccc4)c4ccccc4)CC3)c(C)[nH]2)c1. The van der Waals surface area contributed by atoms with Gasteiger partial charge in [-0.1, -0.05) is 86.6 Å². The van der Waals surface area contributed by atoms with Crippen LogP contribution in [0.25, 0.3) is 11.4 Å². The van der Waals surface area contributed by atoms with Gasteiger partial charge >= 0.3 is 0 Å². The zero-order valence-electron chi connectivity index (χ0n) is 22.4. The molecule has 0 spiro atoms. The van der Waals surface area contributed by atoms with Gasteiger partial charge in [-0.05, 0) is 36.1 Å². The molecule has 0 aliphatic carbocycles. The Bertz CT molecular complexity index is 1240. The third kappa shape index (κ3) is 5.48. The van der Waals surface area contributed by atoms with Crippen molar-refractivity contribution >= 4 is 0 Å². The Hall–Kier alpha value is -3.41. The van der Waals surface area contributed by atoms with E-state index >= 15 is 0 Å². The van der Waals surface area contributed by atoms with Gasteiger partial charge in [0.25, 0.3) is 0 Å². The van der Waals surface area contributed by atoms with Gasteiger partial charge in [-0.15, -0.1) is 0 Å². The van der Waals surface area contributed by atoms with Crippen molar-refractivity contribution in [1.82, 2.24) is 19.8 Å². The molecule has 37 heavy (non-hydrogen) atoms. The van der Waals surface area contributed by atoms with Crippen LogP contribution < -0.4 is 4.74 Å². The molecule has 0 amide bonds. The summed E-state index contributed by atoms with van der Waals surface area (Å²) >= 11 is 0. The second-order valence-electron chi connectivity index (χ2n) is 10.3. The normalized spacial score (nSPS) is 15.8. The van der Waals surface area contributed by atoms with E-state index in [2.05, 4.69) is 102 Å². The van der Waals surface area contributed by atoms with Crippen molar-refractivity contribution in [1.29, 1.82) is 0 Å². The molecule has 2 heterocycles. The van der Waals surface area contributed by atoms with Gasteiger partial charge in [0.05, 0.1) is 24.9 Å². The number of methoxy groups -OCH3 is 1. The fourth-order valence-corrected chi connectivity index (χ4v) is 5.74. The lowest BCUT2D eigenvalue weighted by Crippen LogP contribution is -2.50. The van der Waals surface area contributed by atoms with Crippen molar-refractivity contribution in [3.05, 3.63) is 107 Å². The summed E-state index contributed by atoms with van der Waals surface area (Å²) in [5.74, 6) is 2.20. The van der Waals surface area contributed by atoms with Gasteiger partial charge in [-0.3, -0.25) is 9.80 Å². The highest BCUT2D eigenvalue weighted by Gasteiger charge is 2.33. The molecule has 4 aromatic rings. The van der Waals surface area contributed by atoms with Crippen LogP contribution in [0, 0.1) is 12.8 Å². The number of nitrogens with one attached hydrogen (secondary N) is 1. The van der Waals surface area contributed by atoms with Crippen LogP contribution in [-0.4, -0.2) is 53.1 Å². The molecule has 5 nitrogen and oxygen atoms in total. The van der Waals surface area contributed by atoms with E-state index in [-0.39, 0.29) is 12.1 Å². The van der Waals surface area contributed by atoms with Crippen LogP contribution in [0.1, 0.15) is 48.4 Å². The number of benzene rings is 3. The predicted molar refractivity (Wildman–Crippen MR) is 151 cm³/mol. The lowest BCUT2D eigenvalue weighted by atomic mass is 9.94. The van der Waals surface area contributed by atoms with Gasteiger partial charge in [0, 0.05) is 37.4 Å². The fraction of sp³-hybridized carbons (Fsp3) is 0.344. The smallest absolute Gasteiger partial charge is 0.138 e. The average Bonchev–Trinajstić information content (AvgIpc) is 3.32. The van der Waals surface area contributed by atoms with Crippen LogP contribution in [-0.2, 0) is 0 Å². The first-order valence-corrected chi connectivity index (χ1v) is 13.3. The summed E-state index contributed by atoms with van der Waals surface area (Å²) in [5, 5.41) is 0. The second-order valence-corrected chi connectivity index (χ2v) is 10.3. The minimum Gasteiger partial charge on any atom is -0.497 e. The summed E-state index contributed by atoms with van der Waals surface area (Å²) < 4.78 is 5.43. The number of ether oxygens (including phenoxy) is 1. The minimum atomic E-state index is 0.268. The molecule has 1 aliphatic rings. The topological polar surface area (TPSA) is 44.4 Å². The molecule has 0 radical (unpaired) electrons. The number of aryl methyl sites for hydroxylation is 1. The monoisotopic (exact) mass is 494 g/mol. The molecule has 5 rings (SSSR count). The number of hydrogen-bond donors (Lipinski definition) is 1. The summed E-state index contributed by atoms with van der Waals surface area (Å²) in [4.78, 5) is 14.0. The predicted octanol–water partition coefficient (Wildman–Crippen LogP) is 6.50. The third-order valence-electron chi connectivity index (χ3n) is 7.52. The maximum atomic E-state index is 5.43. The highest BCUT2D eigenvalue weighted by Crippen LogP contribution is 2.35. The first-order valence-electron chi connectivity index (χ1n) is 13.3. The van der Waals surface area contributed by atoms with E-state index in [9.17, 15) is 0 Å². The summed E-state index contributed by atoms with van der Waals surface area (Å²) in [6.45, 7) is 10.8. The van der Waals surface area contributed by atoms with Gasteiger partial charge in [0.15, 0.2) is 0 Å². The highest BCUT2D eigenvalue weighted by molar-refractivity contribution is 5.58. The molecule has 1 atom stereocenters. The van der Waals surface area contributed by atoms with Crippen LogP contribution in [0.15, 0.2) is 84.9 Å². The molecular formula is C32H38N4O. The number of rotatable bonds is 8. The number of hydrogen-bond acceptors (Lipinski definition) is 4. The van der Waals surface area contributed by atoms with Gasteiger partial charge in [-0.2, -0.15) is 0 Å². The summed E-state index contributed by atoms with van der Waals surface area (Å²) in [6.07, 6.45) is 0. The number of imidazole rings is 1. The van der Waals surface area contributed by atoms with E-state index in [0.717, 1.165) is 54.7 Å². The number of H-pyrrole nitrogens is 1. The fourth-order valence-electron chi connectivity index (χ4n) is 5.74. The Morgan fingerprint density at radius 1 is 0.784 bits per heavy atom. The zero-order chi connectivity index (χ0) is 25.8. The van der Waals surface area contributed by atoms with E-state index in [4.69, 9.17) is 9.72 Å². The Morgan fingerprint density at radius 2 is 1.38 bits per heavy atom. The molecule has 1 N–H and O–H groups in total. The van der Waals surface area contributed by atoms with Crippen molar-refractivity contribution in [3.63, 3.8) is 0 Å². The van der Waals surface area contributed by atoms with Crippen molar-refractivity contribution in [2.75, 3.05) is 33.3 Å². The third-order valence-corrected chi connectivity index (χ3v) is 7.52. The van der Waals surface area contributed by atoms with Crippen LogP contribution in [0.3, 0.4) is 0 Å². The van der Waals surface area contributed by atoms with E-state index in [1.54, 1.807) is 7.11 Å². The Labute approximate surface area is 221 Å². The molecule has 1 aromatic heterocycles. The molecule has 192 valence electrons. The molecule has 1 saturated heterocycles. The van der Waals surface area contributed by atoms with E-state index < -0.39 is 0 Å². The van der Waals surface area contributed by atoms with Crippen LogP contribution >= 0.6 is 0 Å². The molecule has 0 bridgehead atoms. The van der Waals surface area contributed by atoms with Crippen LogP contribution in [0.5, 0.6) is 5.75 Å². The Kier molecular flexibility index (Phi) is 7.73. The Morgan fingerprint density at radius 3 is 1.95 bits per heavy atom. The molecular weight excluding hydrogens is 456 g/mol. The van der Waals surface area contributed by atoms with Crippen molar-refractivity contribution in [3.8, 4) is 17.1 Å². The molecule has 1 fully saturated rings. The summed E-state index contributed by atoms with van der Waals surface area (Å²) in [6, 6.07) is 30.5. The maximum Gasteiger partial charge on any atom is 0.138 e. The zero-order valence-corrected chi connectivity index (χ0v) is 22.4. The largest absolute Gasteiger partial charge is 0.497 e. The molecule has 1 aliphatic heterocycles. The van der Waals surface area contributed by atoms with E-state index in [0.29, 0.717) is 5.92 Å². The average molecular weight is 495 g/mol. The molecule has 1 unspecified atom stereocenters. The molecule has 5 heteroatoms. The molecule has 0 saturated carbocycles. The van der Waals surface area contributed by atoms with Crippen LogP contribution in [0.4, 0.5) is 0 Å². The lowest BCUT2D eigenvalue weighted by molar-refractivity contribution is 0.0599. The van der Waals surface area contributed by atoms with Crippen molar-refractivity contribution < 1.29 is 4.74 Å². The van der Waals surface area contributed by atoms with Crippen molar-refractivity contribution in [2.45, 2.75) is 32.9 Å². The van der Waals surface area contributed by atoms with E-state index in [1.165, 1.54) is 11.1 Å². The number of piperazine rings is 1.